The van der Waals surface area contributed by atoms with Crippen molar-refractivity contribution in [3.05, 3.63) is 0 Å². The summed E-state index contributed by atoms with van der Waals surface area (Å²) in [5.74, 6) is -2.61. The molecule has 0 aromatic heterocycles. The van der Waals surface area contributed by atoms with E-state index in [1.54, 1.807) is 4.90 Å². The highest BCUT2D eigenvalue weighted by Gasteiger charge is 2.46. The lowest BCUT2D eigenvalue weighted by molar-refractivity contribution is 0.00589. The van der Waals surface area contributed by atoms with E-state index in [0.29, 0.717) is 0 Å². The first-order chi connectivity index (χ1) is 7.12. The van der Waals surface area contributed by atoms with Crippen LogP contribution in [0.25, 0.3) is 0 Å². The second-order valence-electron chi connectivity index (χ2n) is 4.55. The SMILES string of the molecule is OC[C@H]1CC(F)(F)CN1C1CCNCC1. The highest BCUT2D eigenvalue weighted by molar-refractivity contribution is 4.94. The van der Waals surface area contributed by atoms with Crippen LogP contribution in [0.1, 0.15) is 19.3 Å². The minimum Gasteiger partial charge on any atom is -0.395 e. The van der Waals surface area contributed by atoms with Crippen molar-refractivity contribution in [2.45, 2.75) is 37.3 Å². The van der Waals surface area contributed by atoms with Crippen LogP contribution >= 0.6 is 0 Å². The number of hydrogen-bond acceptors (Lipinski definition) is 3. The third kappa shape index (κ3) is 2.46. The zero-order valence-corrected chi connectivity index (χ0v) is 8.75. The Morgan fingerprint density at radius 1 is 1.33 bits per heavy atom. The van der Waals surface area contributed by atoms with Crippen LogP contribution in [0.2, 0.25) is 0 Å². The Labute approximate surface area is 88.4 Å². The van der Waals surface area contributed by atoms with E-state index in [9.17, 15) is 8.78 Å². The number of hydrogen-bond donors (Lipinski definition) is 2. The summed E-state index contributed by atoms with van der Waals surface area (Å²) in [5.41, 5.74) is 0. The lowest BCUT2D eigenvalue weighted by Crippen LogP contribution is -2.46. The van der Waals surface area contributed by atoms with Crippen LogP contribution in [0.3, 0.4) is 0 Å². The Morgan fingerprint density at radius 3 is 2.60 bits per heavy atom. The summed E-state index contributed by atoms with van der Waals surface area (Å²) in [6.45, 7) is 1.46. The predicted octanol–water partition coefficient (Wildman–Crippen LogP) is 0.440. The first-order valence-corrected chi connectivity index (χ1v) is 5.57. The van der Waals surface area contributed by atoms with E-state index in [-0.39, 0.29) is 31.7 Å². The zero-order chi connectivity index (χ0) is 10.9. The molecule has 2 N–H and O–H groups in total. The van der Waals surface area contributed by atoms with Crippen LogP contribution in [0, 0.1) is 0 Å². The van der Waals surface area contributed by atoms with Crippen LogP contribution in [0.5, 0.6) is 0 Å². The Hall–Kier alpha value is -0.260. The Kier molecular flexibility index (Phi) is 3.23. The lowest BCUT2D eigenvalue weighted by Gasteiger charge is -2.34. The Morgan fingerprint density at radius 2 is 2.00 bits per heavy atom. The van der Waals surface area contributed by atoms with Gasteiger partial charge in [0.15, 0.2) is 0 Å². The fourth-order valence-corrected chi connectivity index (χ4v) is 2.66. The van der Waals surface area contributed by atoms with E-state index in [1.165, 1.54) is 0 Å². The van der Waals surface area contributed by atoms with Gasteiger partial charge in [-0.15, -0.1) is 0 Å². The van der Waals surface area contributed by atoms with Crippen molar-refractivity contribution >= 4 is 0 Å². The number of aliphatic hydroxyl groups excluding tert-OH is 1. The van der Waals surface area contributed by atoms with E-state index in [0.717, 1.165) is 25.9 Å². The van der Waals surface area contributed by atoms with Crippen molar-refractivity contribution in [1.82, 2.24) is 10.2 Å². The molecule has 15 heavy (non-hydrogen) atoms. The van der Waals surface area contributed by atoms with Crippen molar-refractivity contribution in [3.8, 4) is 0 Å². The first-order valence-electron chi connectivity index (χ1n) is 5.57. The van der Waals surface area contributed by atoms with E-state index in [2.05, 4.69) is 5.32 Å². The van der Waals surface area contributed by atoms with Gasteiger partial charge >= 0.3 is 0 Å². The summed E-state index contributed by atoms with van der Waals surface area (Å²) in [5, 5.41) is 12.3. The van der Waals surface area contributed by atoms with E-state index in [4.69, 9.17) is 5.11 Å². The molecule has 0 radical (unpaired) electrons. The molecule has 2 aliphatic heterocycles. The molecule has 0 aliphatic carbocycles. The number of nitrogens with zero attached hydrogens (tertiary/aromatic N) is 1. The van der Waals surface area contributed by atoms with Gasteiger partial charge in [-0.25, -0.2) is 8.78 Å². The molecule has 0 saturated carbocycles. The highest BCUT2D eigenvalue weighted by atomic mass is 19.3. The first kappa shape index (κ1) is 11.2. The molecule has 88 valence electrons. The third-order valence-corrected chi connectivity index (χ3v) is 3.41. The Balaban J connectivity index is 2.00. The van der Waals surface area contributed by atoms with Gasteiger partial charge in [0.05, 0.1) is 13.2 Å². The molecule has 2 saturated heterocycles. The number of alkyl halides is 2. The lowest BCUT2D eigenvalue weighted by atomic mass is 10.0. The maximum Gasteiger partial charge on any atom is 0.262 e. The van der Waals surface area contributed by atoms with Gasteiger partial charge < -0.3 is 10.4 Å². The zero-order valence-electron chi connectivity index (χ0n) is 8.75. The average molecular weight is 220 g/mol. The van der Waals surface area contributed by atoms with Gasteiger partial charge in [-0.2, -0.15) is 0 Å². The van der Waals surface area contributed by atoms with Crippen LogP contribution < -0.4 is 5.32 Å². The smallest absolute Gasteiger partial charge is 0.262 e. The standard InChI is InChI=1S/C10H18F2N2O/c11-10(12)5-9(6-15)14(7-10)8-1-3-13-4-2-8/h8-9,13,15H,1-7H2/t9-/m1/s1. The van der Waals surface area contributed by atoms with Crippen molar-refractivity contribution in [2.24, 2.45) is 0 Å². The molecule has 0 bridgehead atoms. The summed E-state index contributed by atoms with van der Waals surface area (Å²) >= 11 is 0. The topological polar surface area (TPSA) is 35.5 Å². The van der Waals surface area contributed by atoms with Gasteiger partial charge in [0, 0.05) is 18.5 Å². The molecule has 2 aliphatic rings. The number of aliphatic hydroxyl groups is 1. The molecular weight excluding hydrogens is 202 g/mol. The van der Waals surface area contributed by atoms with Crippen molar-refractivity contribution in [2.75, 3.05) is 26.2 Å². The van der Waals surface area contributed by atoms with Crippen LogP contribution in [0.4, 0.5) is 8.78 Å². The summed E-state index contributed by atoms with van der Waals surface area (Å²) in [7, 11) is 0. The molecule has 2 rings (SSSR count). The number of likely N-dealkylation sites (tertiary alicyclic amines) is 1. The largest absolute Gasteiger partial charge is 0.395 e. The second kappa shape index (κ2) is 4.31. The molecule has 0 unspecified atom stereocenters. The van der Waals surface area contributed by atoms with Crippen molar-refractivity contribution in [3.63, 3.8) is 0 Å². The molecule has 1 atom stereocenters. The average Bonchev–Trinajstić information content (AvgIpc) is 2.55. The monoisotopic (exact) mass is 220 g/mol. The van der Waals surface area contributed by atoms with E-state index < -0.39 is 5.92 Å². The minimum absolute atomic E-state index is 0.153. The van der Waals surface area contributed by atoms with Crippen LogP contribution in [0.15, 0.2) is 0 Å². The van der Waals surface area contributed by atoms with Crippen molar-refractivity contribution in [1.29, 1.82) is 0 Å². The molecule has 5 heteroatoms. The molecule has 0 amide bonds. The summed E-state index contributed by atoms with van der Waals surface area (Å²) in [4.78, 5) is 1.81. The molecule has 0 aromatic carbocycles. The van der Waals surface area contributed by atoms with Gasteiger partial charge in [0.1, 0.15) is 0 Å². The fraction of sp³-hybridized carbons (Fsp3) is 1.00. The molecule has 0 aromatic rings. The normalized spacial score (nSPS) is 33.4. The molecule has 3 nitrogen and oxygen atoms in total. The number of rotatable bonds is 2. The highest BCUT2D eigenvalue weighted by Crippen LogP contribution is 2.34. The van der Waals surface area contributed by atoms with Crippen LogP contribution in [-0.2, 0) is 0 Å². The van der Waals surface area contributed by atoms with Gasteiger partial charge in [-0.1, -0.05) is 0 Å². The van der Waals surface area contributed by atoms with Crippen LogP contribution in [-0.4, -0.2) is 54.3 Å². The van der Waals surface area contributed by atoms with Gasteiger partial charge in [-0.05, 0) is 25.9 Å². The quantitative estimate of drug-likeness (QED) is 0.709. The second-order valence-corrected chi connectivity index (χ2v) is 4.55. The summed E-state index contributed by atoms with van der Waals surface area (Å²) < 4.78 is 26.4. The minimum atomic E-state index is -2.61. The van der Waals surface area contributed by atoms with E-state index >= 15 is 0 Å². The molecule has 0 spiro atoms. The summed E-state index contributed by atoms with van der Waals surface area (Å²) in [6, 6.07) is -0.125. The Bertz CT molecular complexity index is 219. The van der Waals surface area contributed by atoms with Crippen molar-refractivity contribution < 1.29 is 13.9 Å². The predicted molar refractivity (Wildman–Crippen MR) is 53.0 cm³/mol. The van der Waals surface area contributed by atoms with E-state index in [1.807, 2.05) is 0 Å². The molecular formula is C10H18F2N2O. The third-order valence-electron chi connectivity index (χ3n) is 3.41. The fourth-order valence-electron chi connectivity index (χ4n) is 2.66. The maximum absolute atomic E-state index is 13.2. The molecule has 2 fully saturated rings. The summed E-state index contributed by atoms with van der Waals surface area (Å²) in [6.07, 6.45) is 1.63. The van der Waals surface area contributed by atoms with Gasteiger partial charge in [-0.3, -0.25) is 4.90 Å². The maximum atomic E-state index is 13.2. The van der Waals surface area contributed by atoms with Gasteiger partial charge in [0.25, 0.3) is 5.92 Å². The van der Waals surface area contributed by atoms with Gasteiger partial charge in [0.2, 0.25) is 0 Å². The molecule has 2 heterocycles. The number of piperidine rings is 1. The number of nitrogens with one attached hydrogen (secondary N) is 1. The number of halogens is 2.